The van der Waals surface area contributed by atoms with Crippen molar-refractivity contribution < 1.29 is 9.59 Å². The van der Waals surface area contributed by atoms with Crippen LogP contribution in [0.15, 0.2) is 42.5 Å². The Kier molecular flexibility index (Phi) is 3.97. The molecule has 0 aliphatic carbocycles. The first-order valence-corrected chi connectivity index (χ1v) is 9.01. The number of anilines is 2. The Morgan fingerprint density at radius 1 is 1.24 bits per heavy atom. The largest absolute Gasteiger partial charge is 0.320 e. The Morgan fingerprint density at radius 2 is 2.08 bits per heavy atom. The van der Waals surface area contributed by atoms with Crippen molar-refractivity contribution >= 4 is 44.7 Å². The lowest BCUT2D eigenvalue weighted by atomic mass is 10.1. The number of nitrogens with zero attached hydrogens (tertiary/aromatic N) is 2. The quantitative estimate of drug-likeness (QED) is 0.776. The van der Waals surface area contributed by atoms with Gasteiger partial charge in [-0.3, -0.25) is 9.59 Å². The average Bonchev–Trinajstić information content (AvgIpc) is 3.22. The van der Waals surface area contributed by atoms with Crippen molar-refractivity contribution in [2.75, 3.05) is 16.8 Å². The Labute approximate surface area is 149 Å². The maximum absolute atomic E-state index is 12.5. The smallest absolute Gasteiger partial charge is 0.284 e. The normalized spacial score (nSPS) is 14.3. The van der Waals surface area contributed by atoms with Crippen LogP contribution in [0.1, 0.15) is 28.2 Å². The van der Waals surface area contributed by atoms with Crippen molar-refractivity contribution in [1.82, 2.24) is 4.98 Å². The maximum Gasteiger partial charge on any atom is 0.284 e. The van der Waals surface area contributed by atoms with Crippen molar-refractivity contribution in [3.05, 3.63) is 53.0 Å². The zero-order chi connectivity index (χ0) is 17.4. The van der Waals surface area contributed by atoms with Gasteiger partial charge < -0.3 is 10.2 Å². The monoisotopic (exact) mass is 351 g/mol. The number of rotatable bonds is 3. The maximum atomic E-state index is 12.5. The van der Waals surface area contributed by atoms with E-state index in [1.54, 1.807) is 4.90 Å². The SMILES string of the molecule is Cc1ccc(NC(=O)c2nc3ccccc3s2)cc1N1CCCC1=O. The molecule has 4 rings (SSSR count). The van der Waals surface area contributed by atoms with Gasteiger partial charge in [-0.25, -0.2) is 4.98 Å². The standard InChI is InChI=1S/C19H17N3O2S/c1-12-8-9-13(11-15(12)22-10-4-7-17(22)23)20-18(24)19-21-14-5-2-3-6-16(14)25-19/h2-3,5-6,8-9,11H,4,7,10H2,1H3,(H,20,24). The fraction of sp³-hybridized carbons (Fsp3) is 0.211. The number of nitrogens with one attached hydrogen (secondary N) is 1. The molecule has 5 nitrogen and oxygen atoms in total. The molecule has 0 bridgehead atoms. The van der Waals surface area contributed by atoms with Crippen LogP contribution >= 0.6 is 11.3 Å². The number of carbonyl (C=O) groups excluding carboxylic acids is 2. The number of hydrogen-bond donors (Lipinski definition) is 1. The summed E-state index contributed by atoms with van der Waals surface area (Å²) in [6.07, 6.45) is 1.46. The van der Waals surface area contributed by atoms with E-state index in [9.17, 15) is 9.59 Å². The number of aromatic nitrogens is 1. The van der Waals surface area contributed by atoms with E-state index in [1.165, 1.54) is 11.3 Å². The van der Waals surface area contributed by atoms with Crippen LogP contribution in [-0.2, 0) is 4.79 Å². The number of thiazole rings is 1. The Balaban J connectivity index is 1.59. The fourth-order valence-corrected chi connectivity index (χ4v) is 3.90. The van der Waals surface area contributed by atoms with Gasteiger partial charge in [0.1, 0.15) is 0 Å². The third-order valence-electron chi connectivity index (χ3n) is 4.32. The zero-order valence-electron chi connectivity index (χ0n) is 13.8. The summed E-state index contributed by atoms with van der Waals surface area (Å²) in [6, 6.07) is 13.3. The molecule has 0 saturated carbocycles. The first kappa shape index (κ1) is 15.8. The van der Waals surface area contributed by atoms with Crippen LogP contribution in [0, 0.1) is 6.92 Å². The van der Waals surface area contributed by atoms with Gasteiger partial charge in [-0.1, -0.05) is 18.2 Å². The number of para-hydroxylation sites is 1. The van der Waals surface area contributed by atoms with Crippen molar-refractivity contribution in [3.63, 3.8) is 0 Å². The first-order valence-electron chi connectivity index (χ1n) is 8.20. The molecule has 1 saturated heterocycles. The van der Waals surface area contributed by atoms with Gasteiger partial charge in [-0.2, -0.15) is 0 Å². The lowest BCUT2D eigenvalue weighted by molar-refractivity contribution is -0.117. The van der Waals surface area contributed by atoms with Gasteiger partial charge in [0, 0.05) is 24.3 Å². The predicted octanol–water partition coefficient (Wildman–Crippen LogP) is 3.98. The summed E-state index contributed by atoms with van der Waals surface area (Å²) >= 11 is 1.37. The van der Waals surface area contributed by atoms with Crippen LogP contribution in [0.25, 0.3) is 10.2 Å². The second-order valence-electron chi connectivity index (χ2n) is 6.09. The molecule has 0 radical (unpaired) electrons. The van der Waals surface area contributed by atoms with Crippen LogP contribution < -0.4 is 10.2 Å². The lowest BCUT2D eigenvalue weighted by Crippen LogP contribution is -2.24. The van der Waals surface area contributed by atoms with E-state index < -0.39 is 0 Å². The summed E-state index contributed by atoms with van der Waals surface area (Å²) in [5.74, 6) is -0.0958. The highest BCUT2D eigenvalue weighted by Crippen LogP contribution is 2.29. The van der Waals surface area contributed by atoms with Crippen molar-refractivity contribution in [3.8, 4) is 0 Å². The van der Waals surface area contributed by atoms with E-state index in [1.807, 2.05) is 49.4 Å². The summed E-state index contributed by atoms with van der Waals surface area (Å²) in [4.78, 5) is 30.7. The molecule has 2 heterocycles. The zero-order valence-corrected chi connectivity index (χ0v) is 14.6. The van der Waals surface area contributed by atoms with E-state index in [-0.39, 0.29) is 11.8 Å². The van der Waals surface area contributed by atoms with E-state index in [2.05, 4.69) is 10.3 Å². The summed E-state index contributed by atoms with van der Waals surface area (Å²) in [7, 11) is 0. The molecular formula is C19H17N3O2S. The molecule has 2 aromatic carbocycles. The van der Waals surface area contributed by atoms with E-state index in [0.29, 0.717) is 17.1 Å². The second kappa shape index (κ2) is 6.29. The van der Waals surface area contributed by atoms with E-state index in [4.69, 9.17) is 0 Å². The molecule has 0 spiro atoms. The molecule has 0 unspecified atom stereocenters. The van der Waals surface area contributed by atoms with Gasteiger partial charge >= 0.3 is 0 Å². The van der Waals surface area contributed by atoms with Gasteiger partial charge in [-0.15, -0.1) is 11.3 Å². The molecule has 6 heteroatoms. The molecule has 3 aromatic rings. The number of carbonyl (C=O) groups is 2. The lowest BCUT2D eigenvalue weighted by Gasteiger charge is -2.19. The van der Waals surface area contributed by atoms with E-state index in [0.717, 1.165) is 34.4 Å². The number of aryl methyl sites for hydroxylation is 1. The summed E-state index contributed by atoms with van der Waals surface area (Å²) in [5.41, 5.74) is 3.38. The van der Waals surface area contributed by atoms with E-state index >= 15 is 0 Å². The number of benzene rings is 2. The second-order valence-corrected chi connectivity index (χ2v) is 7.12. The van der Waals surface area contributed by atoms with Crippen molar-refractivity contribution in [1.29, 1.82) is 0 Å². The Bertz CT molecular complexity index is 947. The number of hydrogen-bond acceptors (Lipinski definition) is 4. The molecular weight excluding hydrogens is 334 g/mol. The summed E-state index contributed by atoms with van der Waals surface area (Å²) < 4.78 is 0.986. The first-order chi connectivity index (χ1) is 12.1. The van der Waals surface area contributed by atoms with Crippen molar-refractivity contribution in [2.45, 2.75) is 19.8 Å². The molecule has 1 aliphatic rings. The Hall–Kier alpha value is -2.73. The highest BCUT2D eigenvalue weighted by Gasteiger charge is 2.23. The van der Waals surface area contributed by atoms with Crippen LogP contribution in [-0.4, -0.2) is 23.3 Å². The van der Waals surface area contributed by atoms with Crippen LogP contribution in [0.2, 0.25) is 0 Å². The topological polar surface area (TPSA) is 62.3 Å². The molecule has 1 aliphatic heterocycles. The van der Waals surface area contributed by atoms with Gasteiger partial charge in [0.05, 0.1) is 10.2 Å². The molecule has 2 amide bonds. The average molecular weight is 351 g/mol. The van der Waals surface area contributed by atoms with Crippen LogP contribution in [0.5, 0.6) is 0 Å². The fourth-order valence-electron chi connectivity index (χ4n) is 3.03. The third-order valence-corrected chi connectivity index (χ3v) is 5.35. The molecule has 1 N–H and O–H groups in total. The predicted molar refractivity (Wildman–Crippen MR) is 100 cm³/mol. The molecule has 25 heavy (non-hydrogen) atoms. The minimum absolute atomic E-state index is 0.137. The van der Waals surface area contributed by atoms with Gasteiger partial charge in [0.15, 0.2) is 5.01 Å². The Morgan fingerprint density at radius 3 is 2.84 bits per heavy atom. The minimum Gasteiger partial charge on any atom is -0.320 e. The van der Waals surface area contributed by atoms with Crippen molar-refractivity contribution in [2.24, 2.45) is 0 Å². The van der Waals surface area contributed by atoms with Gasteiger partial charge in [0.25, 0.3) is 5.91 Å². The van der Waals surface area contributed by atoms with Gasteiger partial charge in [-0.05, 0) is 43.2 Å². The van der Waals surface area contributed by atoms with Crippen LogP contribution in [0.4, 0.5) is 11.4 Å². The molecule has 0 atom stereocenters. The summed E-state index contributed by atoms with van der Waals surface area (Å²) in [5, 5.41) is 3.33. The number of amides is 2. The highest BCUT2D eigenvalue weighted by molar-refractivity contribution is 7.20. The van der Waals surface area contributed by atoms with Gasteiger partial charge in [0.2, 0.25) is 5.91 Å². The van der Waals surface area contributed by atoms with Crippen LogP contribution in [0.3, 0.4) is 0 Å². The minimum atomic E-state index is -0.233. The highest BCUT2D eigenvalue weighted by atomic mass is 32.1. The summed E-state index contributed by atoms with van der Waals surface area (Å²) in [6.45, 7) is 2.70. The number of fused-ring (bicyclic) bond motifs is 1. The molecule has 126 valence electrons. The molecule has 1 aromatic heterocycles. The molecule has 1 fully saturated rings. The third kappa shape index (κ3) is 3.00.